The Morgan fingerprint density at radius 3 is 2.48 bits per heavy atom. The lowest BCUT2D eigenvalue weighted by Crippen LogP contribution is -2.51. The van der Waals surface area contributed by atoms with Crippen molar-refractivity contribution in [2.45, 2.75) is 52.2 Å². The number of ether oxygens (including phenoxy) is 2. The van der Waals surface area contributed by atoms with Gasteiger partial charge in [0.2, 0.25) is 18.6 Å². The molecule has 4 aromatic rings. The topological polar surface area (TPSA) is 129 Å². The molecule has 11 nitrogen and oxygen atoms in total. The van der Waals surface area contributed by atoms with E-state index in [1.165, 1.54) is 16.5 Å². The first-order valence-corrected chi connectivity index (χ1v) is 13.0. The van der Waals surface area contributed by atoms with Gasteiger partial charge in [-0.15, -0.1) is 5.10 Å². The number of hydrogen-bond donors (Lipinski definition) is 1. The predicted molar refractivity (Wildman–Crippen MR) is 147 cm³/mol. The van der Waals surface area contributed by atoms with E-state index in [1.54, 1.807) is 42.7 Å². The highest BCUT2D eigenvalue weighted by Crippen LogP contribution is 2.41. The molecular weight excluding hydrogens is 512 g/mol. The second kappa shape index (κ2) is 10.8. The Bertz CT molecular complexity index is 1580. The third kappa shape index (κ3) is 5.22. The zero-order valence-electron chi connectivity index (χ0n) is 22.7. The van der Waals surface area contributed by atoms with E-state index in [0.29, 0.717) is 34.5 Å². The number of fused-ring (bicyclic) bond motifs is 2. The number of nitrogens with one attached hydrogen (secondary N) is 1. The number of carbonyl (C=O) groups excluding carboxylic acids is 3. The maximum absolute atomic E-state index is 14.3. The summed E-state index contributed by atoms with van der Waals surface area (Å²) in [5.41, 5.74) is 1.67. The van der Waals surface area contributed by atoms with E-state index in [2.05, 4.69) is 20.6 Å². The molecule has 0 aliphatic carbocycles. The number of carbonyl (C=O) groups is 3. The zero-order valence-corrected chi connectivity index (χ0v) is 22.7. The van der Waals surface area contributed by atoms with Gasteiger partial charge in [-0.25, -0.2) is 4.68 Å². The zero-order chi connectivity index (χ0) is 28.4. The van der Waals surface area contributed by atoms with Crippen LogP contribution in [0.1, 0.15) is 56.1 Å². The molecule has 0 bridgehead atoms. The fraction of sp³-hybridized carbons (Fsp3) is 0.310. The summed E-state index contributed by atoms with van der Waals surface area (Å²) in [7, 11) is 0. The van der Waals surface area contributed by atoms with Crippen molar-refractivity contribution in [3.05, 3.63) is 72.1 Å². The quantitative estimate of drug-likeness (QED) is 0.316. The minimum absolute atomic E-state index is 0.0199. The Balaban J connectivity index is 1.69. The molecule has 40 heavy (non-hydrogen) atoms. The lowest BCUT2D eigenvalue weighted by Gasteiger charge is -2.35. The Hall–Kier alpha value is -4.80. The number of amides is 2. The number of nitrogens with zero attached hydrogens (tertiary/aromatic N) is 5. The average Bonchev–Trinajstić information content (AvgIpc) is 3.57. The highest BCUT2D eigenvalue weighted by Gasteiger charge is 2.38. The molecule has 0 fully saturated rings. The summed E-state index contributed by atoms with van der Waals surface area (Å²) < 4.78 is 12.6. The molecule has 0 saturated heterocycles. The van der Waals surface area contributed by atoms with Crippen LogP contribution in [0.5, 0.6) is 11.5 Å². The van der Waals surface area contributed by atoms with Gasteiger partial charge in [0.15, 0.2) is 17.3 Å². The van der Waals surface area contributed by atoms with Gasteiger partial charge in [-0.3, -0.25) is 24.3 Å². The number of aromatic nitrogens is 4. The average molecular weight is 543 g/mol. The molecular formula is C29H30N6O5. The largest absolute Gasteiger partial charge is 0.454 e. The van der Waals surface area contributed by atoms with Crippen molar-refractivity contribution in [2.24, 2.45) is 0 Å². The molecule has 0 unspecified atom stereocenters. The molecule has 2 aromatic carbocycles. The second-order valence-electron chi connectivity index (χ2n) is 10.2. The molecule has 1 N–H and O–H groups in total. The fourth-order valence-electron chi connectivity index (χ4n) is 4.52. The van der Waals surface area contributed by atoms with E-state index < -0.39 is 23.4 Å². The summed E-state index contributed by atoms with van der Waals surface area (Å²) in [5, 5.41) is 11.4. The van der Waals surface area contributed by atoms with E-state index >= 15 is 0 Å². The fourth-order valence-corrected chi connectivity index (χ4v) is 4.52. The van der Waals surface area contributed by atoms with Crippen LogP contribution in [0.25, 0.3) is 11.0 Å². The Morgan fingerprint density at radius 1 is 1.07 bits per heavy atom. The number of benzene rings is 2. The van der Waals surface area contributed by atoms with E-state index in [0.717, 1.165) is 0 Å². The summed E-state index contributed by atoms with van der Waals surface area (Å²) in [6.07, 6.45) is 3.77. The lowest BCUT2D eigenvalue weighted by atomic mass is 9.97. The van der Waals surface area contributed by atoms with Gasteiger partial charge < -0.3 is 14.8 Å². The van der Waals surface area contributed by atoms with Gasteiger partial charge >= 0.3 is 0 Å². The van der Waals surface area contributed by atoms with Crippen molar-refractivity contribution >= 4 is 34.3 Å². The Morgan fingerprint density at radius 2 is 1.77 bits per heavy atom. The summed E-state index contributed by atoms with van der Waals surface area (Å²) in [5.74, 6) is -0.446. The van der Waals surface area contributed by atoms with Crippen molar-refractivity contribution in [2.75, 3.05) is 11.7 Å². The highest BCUT2D eigenvalue weighted by atomic mass is 16.7. The number of pyridine rings is 1. The highest BCUT2D eigenvalue weighted by molar-refractivity contribution is 6.08. The summed E-state index contributed by atoms with van der Waals surface area (Å²) >= 11 is 0. The Kier molecular flexibility index (Phi) is 7.20. The third-order valence-electron chi connectivity index (χ3n) is 6.98. The first-order chi connectivity index (χ1) is 19.2. The molecule has 1 aliphatic heterocycles. The van der Waals surface area contributed by atoms with Crippen molar-refractivity contribution in [3.63, 3.8) is 0 Å². The maximum Gasteiger partial charge on any atom is 0.249 e. The van der Waals surface area contributed by atoms with Crippen LogP contribution < -0.4 is 19.7 Å². The Labute approximate surface area is 231 Å². The van der Waals surface area contributed by atoms with E-state index in [4.69, 9.17) is 9.47 Å². The number of para-hydroxylation sites is 1. The molecule has 0 spiro atoms. The van der Waals surface area contributed by atoms with Crippen LogP contribution in [0.4, 0.5) is 5.69 Å². The molecule has 3 heterocycles. The van der Waals surface area contributed by atoms with Crippen LogP contribution in [-0.2, 0) is 16.1 Å². The van der Waals surface area contributed by atoms with E-state index in [-0.39, 0.29) is 30.4 Å². The van der Waals surface area contributed by atoms with Crippen molar-refractivity contribution in [1.29, 1.82) is 0 Å². The van der Waals surface area contributed by atoms with Gasteiger partial charge in [-0.05, 0) is 63.1 Å². The van der Waals surface area contributed by atoms with Gasteiger partial charge in [0.25, 0.3) is 0 Å². The predicted octanol–water partition coefficient (Wildman–Crippen LogP) is 3.84. The summed E-state index contributed by atoms with van der Waals surface area (Å²) in [6.45, 7) is 6.92. The molecule has 2 amide bonds. The number of anilines is 1. The minimum Gasteiger partial charge on any atom is -0.454 e. The van der Waals surface area contributed by atoms with Crippen LogP contribution in [0.15, 0.2) is 60.9 Å². The molecule has 0 radical (unpaired) electrons. The minimum atomic E-state index is -1.14. The SMILES string of the molecule is CCC(C)(C)NC(=O)[C@@H](c1ccncc1)N(C(=O)Cn1nnc2ccccc21)c1cc2c(cc1C(C)=O)OCO2. The van der Waals surface area contributed by atoms with Crippen LogP contribution >= 0.6 is 0 Å². The van der Waals surface area contributed by atoms with Gasteiger partial charge in [-0.2, -0.15) is 0 Å². The monoisotopic (exact) mass is 542 g/mol. The molecule has 1 aliphatic rings. The van der Waals surface area contributed by atoms with Gasteiger partial charge in [-0.1, -0.05) is 24.3 Å². The van der Waals surface area contributed by atoms with Crippen LogP contribution in [0, 0.1) is 0 Å². The van der Waals surface area contributed by atoms with Gasteiger partial charge in [0.05, 0.1) is 11.2 Å². The third-order valence-corrected chi connectivity index (χ3v) is 6.98. The van der Waals surface area contributed by atoms with Gasteiger partial charge in [0.1, 0.15) is 18.1 Å². The van der Waals surface area contributed by atoms with Crippen molar-refractivity contribution < 1.29 is 23.9 Å². The standard InChI is InChI=1S/C29H30N6O5/c1-5-29(3,4)31-28(38)27(19-10-12-30-13-11-19)35(23-15-25-24(39-17-40-25)14-20(23)18(2)36)26(37)16-34-22-9-7-6-8-21(22)32-33-34/h6-15,27H,5,16-17H2,1-4H3,(H,31,38)/t27-/m1/s1. The van der Waals surface area contributed by atoms with Crippen LogP contribution in [0.3, 0.4) is 0 Å². The molecule has 1 atom stereocenters. The van der Waals surface area contributed by atoms with Gasteiger partial charge in [0, 0.05) is 29.6 Å². The number of Topliss-reactive ketones (excluding diaryl/α,β-unsaturated/α-hetero) is 1. The second-order valence-corrected chi connectivity index (χ2v) is 10.2. The first-order valence-electron chi connectivity index (χ1n) is 13.0. The molecule has 2 aromatic heterocycles. The first kappa shape index (κ1) is 26.8. The van der Waals surface area contributed by atoms with Crippen LogP contribution in [-0.4, -0.2) is 49.9 Å². The molecule has 206 valence electrons. The lowest BCUT2D eigenvalue weighted by molar-refractivity contribution is -0.128. The smallest absolute Gasteiger partial charge is 0.249 e. The van der Waals surface area contributed by atoms with Crippen LogP contribution in [0.2, 0.25) is 0 Å². The molecule has 5 rings (SSSR count). The molecule has 0 saturated carbocycles. The van der Waals surface area contributed by atoms with Crippen molar-refractivity contribution in [1.82, 2.24) is 25.3 Å². The molecule has 11 heteroatoms. The van der Waals surface area contributed by atoms with E-state index in [9.17, 15) is 14.4 Å². The summed E-state index contributed by atoms with van der Waals surface area (Å²) in [6, 6.07) is 12.6. The number of hydrogen-bond acceptors (Lipinski definition) is 8. The summed E-state index contributed by atoms with van der Waals surface area (Å²) in [4.78, 5) is 46.8. The normalized spacial score (nSPS) is 13.2. The van der Waals surface area contributed by atoms with Crippen molar-refractivity contribution in [3.8, 4) is 11.5 Å². The maximum atomic E-state index is 14.3. The van der Waals surface area contributed by atoms with E-state index in [1.807, 2.05) is 39.0 Å². The number of ketones is 1. The number of rotatable bonds is 9.